The fourth-order valence-electron chi connectivity index (χ4n) is 4.59. The molecule has 2 aliphatic carbocycles. The highest BCUT2D eigenvalue weighted by atomic mass is 14.3. The van der Waals surface area contributed by atoms with Crippen molar-refractivity contribution in [1.82, 2.24) is 0 Å². The molecular weight excluding hydrogens is 288 g/mol. The Morgan fingerprint density at radius 2 is 1.08 bits per heavy atom. The van der Waals surface area contributed by atoms with E-state index in [0.717, 1.165) is 12.8 Å². The zero-order chi connectivity index (χ0) is 15.7. The third-order valence-corrected chi connectivity index (χ3v) is 5.67. The second kappa shape index (κ2) is 4.36. The van der Waals surface area contributed by atoms with E-state index in [1.54, 1.807) is 0 Å². The first-order valence-electron chi connectivity index (χ1n) is 8.63. The molecule has 112 valence electrons. The van der Waals surface area contributed by atoms with Crippen LogP contribution in [0.5, 0.6) is 0 Å². The van der Waals surface area contributed by atoms with Crippen LogP contribution in [0.25, 0.3) is 33.0 Å². The van der Waals surface area contributed by atoms with Gasteiger partial charge in [-0.3, -0.25) is 0 Å². The molecule has 2 aliphatic rings. The SMILES string of the molecule is c1ccc2c(c1)Cc1ccc3c(c1-2)-c1cc2ccccc2cc1C3. The molecule has 0 nitrogen and oxygen atoms in total. The van der Waals surface area contributed by atoms with Crippen molar-refractivity contribution in [2.75, 3.05) is 0 Å². The molecule has 0 fully saturated rings. The normalized spacial score (nSPS) is 13.5. The highest BCUT2D eigenvalue weighted by Crippen LogP contribution is 2.49. The molecule has 4 aromatic rings. The molecule has 0 unspecified atom stereocenters. The fourth-order valence-corrected chi connectivity index (χ4v) is 4.59. The Kier molecular flexibility index (Phi) is 2.28. The third kappa shape index (κ3) is 1.53. The Bertz CT molecular complexity index is 1150. The Morgan fingerprint density at radius 1 is 0.458 bits per heavy atom. The van der Waals surface area contributed by atoms with Gasteiger partial charge in [0.1, 0.15) is 0 Å². The first-order chi connectivity index (χ1) is 11.9. The molecule has 0 heteroatoms. The predicted molar refractivity (Wildman–Crippen MR) is 100 cm³/mol. The second-order valence-electron chi connectivity index (χ2n) is 7.00. The maximum absolute atomic E-state index is 2.40. The van der Waals surface area contributed by atoms with E-state index < -0.39 is 0 Å². The van der Waals surface area contributed by atoms with Gasteiger partial charge in [0.25, 0.3) is 0 Å². The van der Waals surface area contributed by atoms with Gasteiger partial charge in [-0.15, -0.1) is 0 Å². The number of rotatable bonds is 0. The number of fused-ring (bicyclic) bond motifs is 8. The van der Waals surface area contributed by atoms with Crippen molar-refractivity contribution >= 4 is 10.8 Å². The van der Waals surface area contributed by atoms with E-state index in [2.05, 4.69) is 72.8 Å². The molecule has 0 amide bonds. The lowest BCUT2D eigenvalue weighted by Crippen LogP contribution is -1.87. The Morgan fingerprint density at radius 3 is 1.92 bits per heavy atom. The topological polar surface area (TPSA) is 0 Å². The number of hydrogen-bond donors (Lipinski definition) is 0. The summed E-state index contributed by atoms with van der Waals surface area (Å²) >= 11 is 0. The van der Waals surface area contributed by atoms with Crippen LogP contribution in [-0.2, 0) is 12.8 Å². The summed E-state index contributed by atoms with van der Waals surface area (Å²) in [5.41, 5.74) is 11.8. The van der Waals surface area contributed by atoms with Crippen molar-refractivity contribution < 1.29 is 0 Å². The Labute approximate surface area is 141 Å². The third-order valence-electron chi connectivity index (χ3n) is 5.67. The maximum Gasteiger partial charge on any atom is -0.00130 e. The summed E-state index contributed by atoms with van der Waals surface area (Å²) in [7, 11) is 0. The average Bonchev–Trinajstić information content (AvgIpc) is 3.16. The molecule has 24 heavy (non-hydrogen) atoms. The minimum absolute atomic E-state index is 1.06. The summed E-state index contributed by atoms with van der Waals surface area (Å²) in [6, 6.07) is 27.1. The zero-order valence-corrected chi connectivity index (χ0v) is 13.3. The van der Waals surface area contributed by atoms with Gasteiger partial charge in [-0.2, -0.15) is 0 Å². The van der Waals surface area contributed by atoms with E-state index in [1.807, 2.05) is 0 Å². The summed E-state index contributed by atoms with van der Waals surface area (Å²) in [4.78, 5) is 0. The van der Waals surface area contributed by atoms with Crippen molar-refractivity contribution in [3.05, 3.63) is 95.1 Å². The van der Waals surface area contributed by atoms with Crippen LogP contribution < -0.4 is 0 Å². The van der Waals surface area contributed by atoms with Crippen molar-refractivity contribution in [2.45, 2.75) is 12.8 Å². The summed E-state index contributed by atoms with van der Waals surface area (Å²) in [6.45, 7) is 0. The van der Waals surface area contributed by atoms with Crippen molar-refractivity contribution in [1.29, 1.82) is 0 Å². The summed E-state index contributed by atoms with van der Waals surface area (Å²) < 4.78 is 0. The van der Waals surface area contributed by atoms with Crippen molar-refractivity contribution in [2.24, 2.45) is 0 Å². The van der Waals surface area contributed by atoms with E-state index >= 15 is 0 Å². The van der Waals surface area contributed by atoms with Crippen LogP contribution in [0.15, 0.2) is 72.8 Å². The van der Waals surface area contributed by atoms with Gasteiger partial charge in [0, 0.05) is 0 Å². The van der Waals surface area contributed by atoms with Crippen LogP contribution in [0.4, 0.5) is 0 Å². The van der Waals surface area contributed by atoms with Gasteiger partial charge in [0.15, 0.2) is 0 Å². The van der Waals surface area contributed by atoms with Crippen molar-refractivity contribution in [3.8, 4) is 22.3 Å². The lowest BCUT2D eigenvalue weighted by Gasteiger charge is -2.11. The molecule has 0 spiro atoms. The van der Waals surface area contributed by atoms with Crippen LogP contribution >= 0.6 is 0 Å². The van der Waals surface area contributed by atoms with Crippen LogP contribution in [0.2, 0.25) is 0 Å². The van der Waals surface area contributed by atoms with E-state index in [-0.39, 0.29) is 0 Å². The van der Waals surface area contributed by atoms with Gasteiger partial charge in [0.05, 0.1) is 0 Å². The molecule has 0 N–H and O–H groups in total. The summed E-state index contributed by atoms with van der Waals surface area (Å²) in [5, 5.41) is 2.69. The second-order valence-corrected chi connectivity index (χ2v) is 7.00. The quantitative estimate of drug-likeness (QED) is 0.324. The van der Waals surface area contributed by atoms with Crippen LogP contribution in [0.1, 0.15) is 22.3 Å². The Balaban J connectivity index is 1.71. The molecule has 0 aliphatic heterocycles. The number of hydrogen-bond acceptors (Lipinski definition) is 0. The first kappa shape index (κ1) is 12.5. The fraction of sp³-hybridized carbons (Fsp3) is 0.0833. The van der Waals surface area contributed by atoms with E-state index in [0.29, 0.717) is 0 Å². The van der Waals surface area contributed by atoms with E-state index in [4.69, 9.17) is 0 Å². The smallest absolute Gasteiger partial charge is 0.00130 e. The molecule has 0 heterocycles. The molecule has 0 bridgehead atoms. The average molecular weight is 304 g/mol. The molecule has 0 saturated carbocycles. The highest BCUT2D eigenvalue weighted by molar-refractivity contribution is 5.99. The van der Waals surface area contributed by atoms with Gasteiger partial charge < -0.3 is 0 Å². The lowest BCUT2D eigenvalue weighted by molar-refractivity contribution is 1.24. The van der Waals surface area contributed by atoms with Crippen LogP contribution in [0.3, 0.4) is 0 Å². The first-order valence-corrected chi connectivity index (χ1v) is 8.63. The molecular formula is C24H16. The van der Waals surface area contributed by atoms with E-state index in [9.17, 15) is 0 Å². The van der Waals surface area contributed by atoms with Crippen LogP contribution in [0, 0.1) is 0 Å². The lowest BCUT2D eigenvalue weighted by atomic mass is 9.93. The highest BCUT2D eigenvalue weighted by Gasteiger charge is 2.28. The molecule has 0 saturated heterocycles. The maximum atomic E-state index is 2.40. The molecule has 0 radical (unpaired) electrons. The number of benzene rings is 4. The predicted octanol–water partition coefficient (Wildman–Crippen LogP) is 5.98. The minimum atomic E-state index is 1.06. The van der Waals surface area contributed by atoms with Gasteiger partial charge in [-0.05, 0) is 74.2 Å². The molecule has 0 atom stereocenters. The Hall–Kier alpha value is -2.86. The largest absolute Gasteiger partial charge is 0.0619 e. The molecule has 4 aromatic carbocycles. The minimum Gasteiger partial charge on any atom is -0.0619 e. The van der Waals surface area contributed by atoms with Gasteiger partial charge >= 0.3 is 0 Å². The van der Waals surface area contributed by atoms with Gasteiger partial charge in [-0.25, -0.2) is 0 Å². The zero-order valence-electron chi connectivity index (χ0n) is 13.3. The summed E-state index contributed by atoms with van der Waals surface area (Å²) in [6.07, 6.45) is 2.13. The van der Waals surface area contributed by atoms with E-state index in [1.165, 1.54) is 55.3 Å². The molecule has 0 aromatic heterocycles. The van der Waals surface area contributed by atoms with Crippen molar-refractivity contribution in [3.63, 3.8) is 0 Å². The monoisotopic (exact) mass is 304 g/mol. The standard InChI is InChI=1S/C24H16/c1-2-6-16-14-22-20(11-15(16)5-1)13-19-10-9-18-12-17-7-3-4-8-21(17)23(18)24(19)22/h1-11,14H,12-13H2. The molecule has 6 rings (SSSR count). The van der Waals surface area contributed by atoms with Crippen LogP contribution in [-0.4, -0.2) is 0 Å². The van der Waals surface area contributed by atoms with Gasteiger partial charge in [0.2, 0.25) is 0 Å². The van der Waals surface area contributed by atoms with Gasteiger partial charge in [-0.1, -0.05) is 66.7 Å². The summed E-state index contributed by atoms with van der Waals surface area (Å²) in [5.74, 6) is 0.